The summed E-state index contributed by atoms with van der Waals surface area (Å²) in [5.74, 6) is 0.745. The van der Waals surface area contributed by atoms with Crippen LogP contribution in [-0.2, 0) is 17.8 Å². The normalized spacial score (nSPS) is 18.6. The third-order valence-corrected chi connectivity index (χ3v) is 5.59. The third-order valence-electron chi connectivity index (χ3n) is 5.34. The maximum Gasteiger partial charge on any atom is 0.390 e. The smallest absolute Gasteiger partial charge is 0.274 e. The highest BCUT2D eigenvalue weighted by Gasteiger charge is 2.51. The minimum absolute atomic E-state index is 0.286. The zero-order chi connectivity index (χ0) is 21.3. The van der Waals surface area contributed by atoms with Crippen molar-refractivity contribution in [1.82, 2.24) is 15.1 Å². The molecule has 1 fully saturated rings. The number of guanidine groups is 1. The Kier molecular flexibility index (Phi) is 5.55. The highest BCUT2D eigenvalue weighted by molar-refractivity contribution is 6.30. The molecular weight excluding hydrogens is 402 g/mol. The van der Waals surface area contributed by atoms with Crippen LogP contribution in [0.3, 0.4) is 0 Å². The summed E-state index contributed by atoms with van der Waals surface area (Å²) >= 11 is 6.01. The Balaban J connectivity index is 1.62. The SMILES string of the molecule is CN1C(=O)C2C(=NC(NCCc3ccccc3)=[N+]2Cc2ccc(Cl)cc2)N(C)C1=O. The van der Waals surface area contributed by atoms with Gasteiger partial charge >= 0.3 is 12.0 Å². The van der Waals surface area contributed by atoms with E-state index in [0.29, 0.717) is 29.9 Å². The van der Waals surface area contributed by atoms with Gasteiger partial charge in [-0.2, -0.15) is 0 Å². The number of hydrogen-bond acceptors (Lipinski definition) is 4. The largest absolute Gasteiger partial charge is 0.390 e. The number of fused-ring (bicyclic) bond motifs is 1. The van der Waals surface area contributed by atoms with Crippen molar-refractivity contribution in [3.05, 3.63) is 70.7 Å². The molecule has 0 aromatic heterocycles. The molecule has 154 valence electrons. The first-order chi connectivity index (χ1) is 14.5. The van der Waals surface area contributed by atoms with Crippen LogP contribution in [-0.4, -0.2) is 64.8 Å². The number of aliphatic imine (C=N–C) groups is 1. The maximum atomic E-state index is 13.0. The van der Waals surface area contributed by atoms with Gasteiger partial charge in [0.15, 0.2) is 0 Å². The number of amidine groups is 1. The Hall–Kier alpha value is -3.19. The molecule has 1 atom stereocenters. The first-order valence-corrected chi connectivity index (χ1v) is 10.1. The fourth-order valence-corrected chi connectivity index (χ4v) is 3.78. The van der Waals surface area contributed by atoms with E-state index in [0.717, 1.165) is 16.9 Å². The van der Waals surface area contributed by atoms with Gasteiger partial charge in [-0.3, -0.25) is 19.9 Å². The minimum Gasteiger partial charge on any atom is -0.274 e. The van der Waals surface area contributed by atoms with Gasteiger partial charge in [0, 0.05) is 25.5 Å². The van der Waals surface area contributed by atoms with Gasteiger partial charge in [0.1, 0.15) is 0 Å². The van der Waals surface area contributed by atoms with Crippen LogP contribution >= 0.6 is 11.6 Å². The fraction of sp³-hybridized carbons (Fsp3) is 0.273. The zero-order valence-electron chi connectivity index (χ0n) is 16.9. The Morgan fingerprint density at radius 3 is 2.40 bits per heavy atom. The number of halogens is 1. The lowest BCUT2D eigenvalue weighted by Gasteiger charge is -2.31. The van der Waals surface area contributed by atoms with E-state index in [-0.39, 0.29) is 11.9 Å². The van der Waals surface area contributed by atoms with Gasteiger partial charge in [-0.25, -0.2) is 9.37 Å². The van der Waals surface area contributed by atoms with Gasteiger partial charge in [-0.15, -0.1) is 0 Å². The summed E-state index contributed by atoms with van der Waals surface area (Å²) < 4.78 is 1.91. The number of benzene rings is 2. The van der Waals surface area contributed by atoms with Crippen molar-refractivity contribution in [3.63, 3.8) is 0 Å². The summed E-state index contributed by atoms with van der Waals surface area (Å²) in [5, 5.41) is 4.01. The fourth-order valence-electron chi connectivity index (χ4n) is 3.66. The van der Waals surface area contributed by atoms with Gasteiger partial charge in [-0.05, 0) is 23.3 Å². The molecule has 0 saturated carbocycles. The topological polar surface area (TPSA) is 68.0 Å². The molecule has 1 N–H and O–H groups in total. The molecule has 2 aliphatic heterocycles. The molecule has 2 aromatic carbocycles. The van der Waals surface area contributed by atoms with Crippen molar-refractivity contribution in [2.75, 3.05) is 20.6 Å². The standard InChI is InChI=1S/C22H22ClN5O2/c1-26-19-18(20(29)27(2)22(26)30)28(14-16-8-10-17(23)11-9-16)21(25-19)24-13-12-15-6-4-3-5-7-15/h3-11,18H,12-14H2,1-2H3/p+1. The molecule has 0 aliphatic carbocycles. The molecule has 0 bridgehead atoms. The number of imide groups is 1. The van der Waals surface area contributed by atoms with Crippen molar-refractivity contribution in [2.24, 2.45) is 4.99 Å². The van der Waals surface area contributed by atoms with Crippen LogP contribution in [0.4, 0.5) is 4.79 Å². The van der Waals surface area contributed by atoms with Crippen LogP contribution in [0.15, 0.2) is 59.6 Å². The van der Waals surface area contributed by atoms with E-state index < -0.39 is 6.04 Å². The summed E-state index contributed by atoms with van der Waals surface area (Å²) in [5.41, 5.74) is 2.20. The highest BCUT2D eigenvalue weighted by atomic mass is 35.5. The van der Waals surface area contributed by atoms with E-state index in [1.54, 1.807) is 7.05 Å². The number of hydrogen-bond donors (Lipinski definition) is 1. The predicted molar refractivity (Wildman–Crippen MR) is 116 cm³/mol. The van der Waals surface area contributed by atoms with Gasteiger partial charge < -0.3 is 0 Å². The number of rotatable bonds is 5. The van der Waals surface area contributed by atoms with Gasteiger partial charge in [-0.1, -0.05) is 59.1 Å². The van der Waals surface area contributed by atoms with Gasteiger partial charge in [0.2, 0.25) is 11.9 Å². The lowest BCUT2D eigenvalue weighted by molar-refractivity contribution is -0.553. The van der Waals surface area contributed by atoms with Crippen LogP contribution in [0.25, 0.3) is 0 Å². The number of nitrogens with zero attached hydrogens (tertiary/aromatic N) is 4. The van der Waals surface area contributed by atoms with Crippen LogP contribution in [0.5, 0.6) is 0 Å². The average molecular weight is 425 g/mol. The second-order valence-corrected chi connectivity index (χ2v) is 7.79. The summed E-state index contributed by atoms with van der Waals surface area (Å²) in [6, 6.07) is 16.6. The number of amides is 3. The Bertz CT molecular complexity index is 1030. The molecular formula is C22H23ClN5O2+. The number of nitrogens with one attached hydrogen (secondary N) is 1. The van der Waals surface area contributed by atoms with Crippen LogP contribution in [0.1, 0.15) is 11.1 Å². The van der Waals surface area contributed by atoms with Crippen LogP contribution in [0.2, 0.25) is 5.02 Å². The van der Waals surface area contributed by atoms with Crippen molar-refractivity contribution in [1.29, 1.82) is 0 Å². The molecule has 1 unspecified atom stereocenters. The van der Waals surface area contributed by atoms with Crippen molar-refractivity contribution < 1.29 is 14.2 Å². The number of urea groups is 1. The van der Waals surface area contributed by atoms with E-state index in [4.69, 9.17) is 11.6 Å². The van der Waals surface area contributed by atoms with Gasteiger partial charge in [0.05, 0.1) is 13.1 Å². The Labute approximate surface area is 180 Å². The third kappa shape index (κ3) is 3.80. The summed E-state index contributed by atoms with van der Waals surface area (Å²) in [6.07, 6.45) is 0.817. The number of carbonyl (C=O) groups is 2. The number of likely N-dealkylation sites (N-methyl/N-ethyl adjacent to an activating group) is 2. The molecule has 4 rings (SSSR count). The highest BCUT2D eigenvalue weighted by Crippen LogP contribution is 2.20. The van der Waals surface area contributed by atoms with Crippen LogP contribution < -0.4 is 5.32 Å². The molecule has 2 aromatic rings. The summed E-state index contributed by atoms with van der Waals surface area (Å²) in [4.78, 5) is 32.5. The lowest BCUT2D eigenvalue weighted by Crippen LogP contribution is -2.61. The maximum absolute atomic E-state index is 13.0. The van der Waals surface area contributed by atoms with E-state index in [9.17, 15) is 9.59 Å². The predicted octanol–water partition coefficient (Wildman–Crippen LogP) is 2.35. The van der Waals surface area contributed by atoms with E-state index in [1.807, 2.05) is 47.0 Å². The van der Waals surface area contributed by atoms with E-state index in [1.165, 1.54) is 17.5 Å². The van der Waals surface area contributed by atoms with Crippen molar-refractivity contribution in [2.45, 2.75) is 19.0 Å². The quantitative estimate of drug-likeness (QED) is 0.749. The molecule has 3 amide bonds. The minimum atomic E-state index is -0.646. The molecule has 2 aliphatic rings. The summed E-state index contributed by atoms with van der Waals surface area (Å²) in [6.45, 7) is 1.12. The van der Waals surface area contributed by atoms with Gasteiger partial charge in [0.25, 0.3) is 5.91 Å². The van der Waals surface area contributed by atoms with Crippen molar-refractivity contribution in [3.8, 4) is 0 Å². The van der Waals surface area contributed by atoms with Crippen LogP contribution in [0, 0.1) is 0 Å². The van der Waals surface area contributed by atoms with E-state index >= 15 is 0 Å². The average Bonchev–Trinajstić information content (AvgIpc) is 3.11. The van der Waals surface area contributed by atoms with Crippen molar-refractivity contribution >= 4 is 35.3 Å². The molecule has 0 radical (unpaired) electrons. The lowest BCUT2D eigenvalue weighted by atomic mass is 10.1. The Morgan fingerprint density at radius 1 is 1.00 bits per heavy atom. The Morgan fingerprint density at radius 2 is 1.70 bits per heavy atom. The first-order valence-electron chi connectivity index (χ1n) is 9.75. The molecule has 8 heteroatoms. The second-order valence-electron chi connectivity index (χ2n) is 7.35. The molecule has 30 heavy (non-hydrogen) atoms. The number of carbonyl (C=O) groups excluding carboxylic acids is 2. The summed E-state index contributed by atoms with van der Waals surface area (Å²) in [7, 11) is 3.14. The first kappa shape index (κ1) is 20.1. The molecule has 7 nitrogen and oxygen atoms in total. The molecule has 2 heterocycles. The second kappa shape index (κ2) is 8.28. The monoisotopic (exact) mass is 424 g/mol. The zero-order valence-corrected chi connectivity index (χ0v) is 17.6. The molecule has 1 saturated heterocycles. The van der Waals surface area contributed by atoms with E-state index in [2.05, 4.69) is 22.4 Å². The molecule has 0 spiro atoms.